The van der Waals surface area contributed by atoms with Crippen LogP contribution in [0.5, 0.6) is 0 Å². The van der Waals surface area contributed by atoms with Gasteiger partial charge in [-0.15, -0.1) is 0 Å². The normalized spacial score (nSPS) is 11.7. The number of rotatable bonds is 6. The van der Waals surface area contributed by atoms with Crippen molar-refractivity contribution < 1.29 is 9.50 Å². The minimum absolute atomic E-state index is 0.263. The average Bonchev–Trinajstić information content (AvgIpc) is 2.85. The molecule has 1 aromatic heterocycles. The van der Waals surface area contributed by atoms with E-state index in [0.29, 0.717) is 35.8 Å². The average molecular weight is 387 g/mol. The Balaban J connectivity index is 2.06. The summed E-state index contributed by atoms with van der Waals surface area (Å²) in [7, 11) is 1.84. The molecular weight excluding hydrogens is 366 g/mol. The van der Waals surface area contributed by atoms with E-state index < -0.39 is 5.82 Å². The van der Waals surface area contributed by atoms with Crippen LogP contribution in [0.4, 0.5) is 4.39 Å². The number of aliphatic hydroxyl groups is 1. The van der Waals surface area contributed by atoms with Gasteiger partial charge >= 0.3 is 0 Å². The summed E-state index contributed by atoms with van der Waals surface area (Å²) in [6.45, 7) is 3.19. The molecular formula is C17H21Cl2FN4O. The van der Waals surface area contributed by atoms with Gasteiger partial charge in [0.05, 0.1) is 24.7 Å². The molecule has 0 unspecified atom stereocenters. The van der Waals surface area contributed by atoms with Crippen LogP contribution in [-0.2, 0) is 26.7 Å². The van der Waals surface area contributed by atoms with Crippen molar-refractivity contribution in [2.45, 2.75) is 26.6 Å². The number of nitrogens with zero attached hydrogens (tertiary/aromatic N) is 2. The summed E-state index contributed by atoms with van der Waals surface area (Å²) < 4.78 is 15.2. The third kappa shape index (κ3) is 5.11. The SMILES string of the molecule is CCNC(=NCc1ccc(F)c(CO)c1)NCc1cc(Cl)c(Cl)n1C. The third-order valence-corrected chi connectivity index (χ3v) is 4.54. The van der Waals surface area contributed by atoms with Crippen LogP contribution >= 0.6 is 23.2 Å². The second-order valence-corrected chi connectivity index (χ2v) is 6.23. The van der Waals surface area contributed by atoms with E-state index in [0.717, 1.165) is 11.3 Å². The van der Waals surface area contributed by atoms with Crippen molar-refractivity contribution in [3.8, 4) is 0 Å². The van der Waals surface area contributed by atoms with E-state index in [1.807, 2.05) is 14.0 Å². The molecule has 0 aliphatic heterocycles. The fourth-order valence-electron chi connectivity index (χ4n) is 2.29. The molecule has 1 heterocycles. The predicted octanol–water partition coefficient (Wildman–Crippen LogP) is 3.22. The number of hydrogen-bond donors (Lipinski definition) is 3. The lowest BCUT2D eigenvalue weighted by atomic mass is 10.1. The Morgan fingerprint density at radius 1 is 1.28 bits per heavy atom. The quantitative estimate of drug-likeness (QED) is 0.527. The second kappa shape index (κ2) is 9.08. The fourth-order valence-corrected chi connectivity index (χ4v) is 2.71. The number of aromatic nitrogens is 1. The van der Waals surface area contributed by atoms with Crippen LogP contribution < -0.4 is 10.6 Å². The highest BCUT2D eigenvalue weighted by molar-refractivity contribution is 6.41. The van der Waals surface area contributed by atoms with E-state index in [2.05, 4.69) is 15.6 Å². The van der Waals surface area contributed by atoms with Crippen molar-refractivity contribution in [2.75, 3.05) is 6.54 Å². The van der Waals surface area contributed by atoms with Gasteiger partial charge in [0.2, 0.25) is 0 Å². The Labute approximate surface area is 156 Å². The maximum atomic E-state index is 13.4. The van der Waals surface area contributed by atoms with Gasteiger partial charge in [0.1, 0.15) is 11.0 Å². The zero-order valence-electron chi connectivity index (χ0n) is 14.1. The Morgan fingerprint density at radius 2 is 2.04 bits per heavy atom. The van der Waals surface area contributed by atoms with E-state index in [1.165, 1.54) is 6.07 Å². The fraction of sp³-hybridized carbons (Fsp3) is 0.353. The number of hydrogen-bond acceptors (Lipinski definition) is 2. The monoisotopic (exact) mass is 386 g/mol. The Kier molecular flexibility index (Phi) is 7.11. The molecule has 0 spiro atoms. The topological polar surface area (TPSA) is 61.6 Å². The molecule has 25 heavy (non-hydrogen) atoms. The molecule has 136 valence electrons. The summed E-state index contributed by atoms with van der Waals surface area (Å²) in [5, 5.41) is 16.5. The van der Waals surface area contributed by atoms with Gasteiger partial charge in [-0.3, -0.25) is 0 Å². The van der Waals surface area contributed by atoms with Gasteiger partial charge in [-0.05, 0) is 30.7 Å². The molecule has 1 aromatic carbocycles. The molecule has 0 saturated carbocycles. The molecule has 0 amide bonds. The van der Waals surface area contributed by atoms with Crippen LogP contribution in [0.1, 0.15) is 23.7 Å². The van der Waals surface area contributed by atoms with E-state index >= 15 is 0 Å². The minimum atomic E-state index is -0.419. The summed E-state index contributed by atoms with van der Waals surface area (Å²) in [5.74, 6) is 0.198. The Morgan fingerprint density at radius 3 is 2.64 bits per heavy atom. The first-order valence-corrected chi connectivity index (χ1v) is 8.61. The number of aliphatic hydroxyl groups excluding tert-OH is 1. The number of benzene rings is 1. The molecule has 0 bridgehead atoms. The van der Waals surface area contributed by atoms with Crippen LogP contribution in [0.3, 0.4) is 0 Å². The largest absolute Gasteiger partial charge is 0.392 e. The van der Waals surface area contributed by atoms with Crippen molar-refractivity contribution in [3.63, 3.8) is 0 Å². The van der Waals surface area contributed by atoms with E-state index in [-0.39, 0.29) is 12.2 Å². The Bertz CT molecular complexity index is 761. The number of halogens is 3. The highest BCUT2D eigenvalue weighted by Crippen LogP contribution is 2.24. The lowest BCUT2D eigenvalue weighted by Crippen LogP contribution is -2.37. The summed E-state index contributed by atoms with van der Waals surface area (Å²) >= 11 is 12.1. The van der Waals surface area contributed by atoms with Crippen molar-refractivity contribution in [2.24, 2.45) is 12.0 Å². The highest BCUT2D eigenvalue weighted by atomic mass is 35.5. The van der Waals surface area contributed by atoms with Crippen LogP contribution in [-0.4, -0.2) is 22.2 Å². The van der Waals surface area contributed by atoms with E-state index in [1.54, 1.807) is 22.8 Å². The molecule has 0 radical (unpaired) electrons. The minimum Gasteiger partial charge on any atom is -0.392 e. The van der Waals surface area contributed by atoms with Crippen LogP contribution in [0, 0.1) is 5.82 Å². The van der Waals surface area contributed by atoms with Crippen LogP contribution in [0.2, 0.25) is 10.2 Å². The first kappa shape index (κ1) is 19.6. The van der Waals surface area contributed by atoms with Gasteiger partial charge in [-0.1, -0.05) is 29.3 Å². The van der Waals surface area contributed by atoms with E-state index in [9.17, 15) is 4.39 Å². The highest BCUT2D eigenvalue weighted by Gasteiger charge is 2.09. The summed E-state index contributed by atoms with van der Waals surface area (Å²) in [4.78, 5) is 4.48. The van der Waals surface area contributed by atoms with Crippen molar-refractivity contribution >= 4 is 29.2 Å². The third-order valence-electron chi connectivity index (χ3n) is 3.70. The zero-order chi connectivity index (χ0) is 18.4. The second-order valence-electron chi connectivity index (χ2n) is 5.47. The van der Waals surface area contributed by atoms with Gasteiger partial charge in [0.25, 0.3) is 0 Å². The number of nitrogens with one attached hydrogen (secondary N) is 2. The predicted molar refractivity (Wildman–Crippen MR) is 99.4 cm³/mol. The summed E-state index contributed by atoms with van der Waals surface area (Å²) in [6.07, 6.45) is 0. The van der Waals surface area contributed by atoms with E-state index in [4.69, 9.17) is 28.3 Å². The number of aliphatic imine (C=N–C) groups is 1. The van der Waals surface area contributed by atoms with Crippen molar-refractivity contribution in [3.05, 3.63) is 57.1 Å². The standard InChI is InChI=1S/C17H21Cl2FN4O/c1-3-21-17(23-9-13-7-14(18)16(19)24(13)2)22-8-11-4-5-15(20)12(6-11)10-25/h4-7,25H,3,8-10H2,1-2H3,(H2,21,22,23). The van der Waals surface area contributed by atoms with Gasteiger partial charge in [-0.25, -0.2) is 9.38 Å². The van der Waals surface area contributed by atoms with Crippen molar-refractivity contribution in [1.82, 2.24) is 15.2 Å². The van der Waals surface area contributed by atoms with Gasteiger partial charge < -0.3 is 20.3 Å². The zero-order valence-corrected chi connectivity index (χ0v) is 15.6. The molecule has 5 nitrogen and oxygen atoms in total. The summed E-state index contributed by atoms with van der Waals surface area (Å²) in [5.41, 5.74) is 2.00. The summed E-state index contributed by atoms with van der Waals surface area (Å²) in [6, 6.07) is 6.40. The molecule has 0 aliphatic carbocycles. The first-order valence-electron chi connectivity index (χ1n) is 7.86. The molecule has 0 atom stereocenters. The van der Waals surface area contributed by atoms with Gasteiger partial charge in [0.15, 0.2) is 5.96 Å². The van der Waals surface area contributed by atoms with Crippen LogP contribution in [0.25, 0.3) is 0 Å². The Hall–Kier alpha value is -1.76. The number of guanidine groups is 1. The first-order chi connectivity index (χ1) is 12.0. The van der Waals surface area contributed by atoms with Crippen LogP contribution in [0.15, 0.2) is 29.3 Å². The maximum absolute atomic E-state index is 13.4. The molecule has 8 heteroatoms. The molecule has 2 aromatic rings. The lowest BCUT2D eigenvalue weighted by molar-refractivity contribution is 0.275. The smallest absolute Gasteiger partial charge is 0.191 e. The van der Waals surface area contributed by atoms with Gasteiger partial charge in [-0.2, -0.15) is 0 Å². The van der Waals surface area contributed by atoms with Crippen molar-refractivity contribution in [1.29, 1.82) is 0 Å². The molecule has 2 rings (SSSR count). The molecule has 0 saturated heterocycles. The molecule has 0 fully saturated rings. The van der Waals surface area contributed by atoms with Gasteiger partial charge in [0, 0.05) is 24.8 Å². The molecule has 0 aliphatic rings. The lowest BCUT2D eigenvalue weighted by Gasteiger charge is -2.12. The maximum Gasteiger partial charge on any atom is 0.191 e. The molecule has 3 N–H and O–H groups in total.